The summed E-state index contributed by atoms with van der Waals surface area (Å²) in [6, 6.07) is 4.45. The van der Waals surface area contributed by atoms with Crippen molar-refractivity contribution in [1.82, 2.24) is 4.90 Å². The number of ether oxygens (including phenoxy) is 1. The Labute approximate surface area is 171 Å². The minimum atomic E-state index is -4.57. The summed E-state index contributed by atoms with van der Waals surface area (Å²) in [7, 11) is 0. The van der Waals surface area contributed by atoms with Gasteiger partial charge in [-0.25, -0.2) is 0 Å². The van der Waals surface area contributed by atoms with Crippen molar-refractivity contribution in [3.63, 3.8) is 0 Å². The average Bonchev–Trinajstić information content (AvgIpc) is 3.45. The Morgan fingerprint density at radius 2 is 1.93 bits per heavy atom. The second kappa shape index (κ2) is 9.00. The van der Waals surface area contributed by atoms with Gasteiger partial charge in [0.25, 0.3) is 11.8 Å². The zero-order valence-electron chi connectivity index (χ0n) is 16.2. The lowest BCUT2D eigenvalue weighted by molar-refractivity contribution is -0.157. The number of hydrogen-bond acceptors (Lipinski definition) is 5. The van der Waals surface area contributed by atoms with E-state index in [2.05, 4.69) is 5.32 Å². The molecule has 3 amide bonds. The largest absolute Gasteiger partial charge is 0.401 e. The zero-order valence-corrected chi connectivity index (χ0v) is 16.2. The summed E-state index contributed by atoms with van der Waals surface area (Å²) in [4.78, 5) is 38.7. The third-order valence-corrected chi connectivity index (χ3v) is 4.89. The van der Waals surface area contributed by atoms with Crippen LogP contribution in [0.5, 0.6) is 0 Å². The van der Waals surface area contributed by atoms with Crippen LogP contribution in [0.1, 0.15) is 12.8 Å². The molecule has 8 nitrogen and oxygen atoms in total. The molecule has 1 aromatic rings. The molecule has 1 atom stereocenters. The van der Waals surface area contributed by atoms with Crippen molar-refractivity contribution in [3.05, 3.63) is 24.3 Å². The summed E-state index contributed by atoms with van der Waals surface area (Å²) in [5.41, 5.74) is 6.15. The molecule has 3 N–H and O–H groups in total. The normalized spacial score (nSPS) is 18.4. The van der Waals surface area contributed by atoms with Gasteiger partial charge in [0.2, 0.25) is 5.91 Å². The highest BCUT2D eigenvalue weighted by Gasteiger charge is 2.41. The van der Waals surface area contributed by atoms with E-state index in [-0.39, 0.29) is 30.7 Å². The molecule has 164 valence electrons. The molecular weight excluding hydrogens is 405 g/mol. The smallest absolute Gasteiger partial charge is 0.370 e. The minimum Gasteiger partial charge on any atom is -0.370 e. The molecular formula is C19H23F3N4O4. The van der Waals surface area contributed by atoms with Crippen LogP contribution in [0.15, 0.2) is 24.3 Å². The lowest BCUT2D eigenvalue weighted by Crippen LogP contribution is -2.55. The van der Waals surface area contributed by atoms with Gasteiger partial charge < -0.3 is 20.7 Å². The highest BCUT2D eigenvalue weighted by molar-refractivity contribution is 6.09. The predicted octanol–water partition coefficient (Wildman–Crippen LogP) is 1.12. The third-order valence-electron chi connectivity index (χ3n) is 4.89. The van der Waals surface area contributed by atoms with Crippen LogP contribution in [0.25, 0.3) is 0 Å². The Balaban J connectivity index is 1.70. The SMILES string of the molecule is NC(=O)[C@@H](C(=O)Nc1ccc(N2CCOCC2=O)cc1)N(CC1CC1)CC(F)(F)F. The van der Waals surface area contributed by atoms with E-state index >= 15 is 0 Å². The Morgan fingerprint density at radius 1 is 1.27 bits per heavy atom. The van der Waals surface area contributed by atoms with Crippen LogP contribution >= 0.6 is 0 Å². The number of carbonyl (C=O) groups is 3. The van der Waals surface area contributed by atoms with E-state index in [0.717, 1.165) is 17.7 Å². The first kappa shape index (κ1) is 22.0. The van der Waals surface area contributed by atoms with Gasteiger partial charge in [-0.15, -0.1) is 0 Å². The van der Waals surface area contributed by atoms with Gasteiger partial charge in [-0.3, -0.25) is 19.3 Å². The molecule has 1 saturated carbocycles. The molecule has 2 fully saturated rings. The molecule has 1 aromatic carbocycles. The maximum atomic E-state index is 13.0. The maximum absolute atomic E-state index is 13.0. The molecule has 1 aliphatic carbocycles. The van der Waals surface area contributed by atoms with Crippen LogP contribution in [0, 0.1) is 5.92 Å². The van der Waals surface area contributed by atoms with Gasteiger partial charge in [0, 0.05) is 24.5 Å². The molecule has 1 saturated heterocycles. The quantitative estimate of drug-likeness (QED) is 0.604. The number of nitrogens with one attached hydrogen (secondary N) is 1. The number of carbonyl (C=O) groups excluding carboxylic acids is 3. The molecule has 2 aliphatic rings. The third kappa shape index (κ3) is 5.92. The van der Waals surface area contributed by atoms with Gasteiger partial charge >= 0.3 is 6.18 Å². The summed E-state index contributed by atoms with van der Waals surface area (Å²) in [5.74, 6) is -2.25. The molecule has 30 heavy (non-hydrogen) atoms. The van der Waals surface area contributed by atoms with Crippen molar-refractivity contribution in [2.75, 3.05) is 43.1 Å². The summed E-state index contributed by atoms with van der Waals surface area (Å²) in [6.07, 6.45) is -3.07. The standard InChI is InChI=1S/C19H23F3N4O4/c20-19(21,22)11-25(9-12-1-2-12)16(17(23)28)18(29)24-13-3-5-14(6-4-13)26-7-8-30-10-15(26)27/h3-6,12,16H,1-2,7-11H2,(H2,23,28)(H,24,29)/t16-/m0/s1. The molecule has 0 unspecified atom stereocenters. The Bertz CT molecular complexity index is 796. The van der Waals surface area contributed by atoms with E-state index in [1.54, 1.807) is 12.1 Å². The topological polar surface area (TPSA) is 105 Å². The Kier molecular flexibility index (Phi) is 6.61. The fourth-order valence-electron chi connectivity index (χ4n) is 3.32. The highest BCUT2D eigenvalue weighted by Crippen LogP contribution is 2.32. The lowest BCUT2D eigenvalue weighted by Gasteiger charge is -2.29. The van der Waals surface area contributed by atoms with Gasteiger partial charge in [-0.2, -0.15) is 13.2 Å². The zero-order chi connectivity index (χ0) is 21.9. The molecule has 0 radical (unpaired) electrons. The van der Waals surface area contributed by atoms with Crippen molar-refractivity contribution in [2.24, 2.45) is 11.7 Å². The van der Waals surface area contributed by atoms with Crippen molar-refractivity contribution < 1.29 is 32.3 Å². The van der Waals surface area contributed by atoms with E-state index in [1.165, 1.54) is 17.0 Å². The maximum Gasteiger partial charge on any atom is 0.401 e. The Hall–Kier alpha value is -2.66. The number of morpholine rings is 1. The van der Waals surface area contributed by atoms with Crippen molar-refractivity contribution in [2.45, 2.75) is 25.1 Å². The van der Waals surface area contributed by atoms with Crippen molar-refractivity contribution in [1.29, 1.82) is 0 Å². The number of alkyl halides is 3. The van der Waals surface area contributed by atoms with Gasteiger partial charge in [0.1, 0.15) is 6.61 Å². The van der Waals surface area contributed by atoms with Gasteiger partial charge in [0.05, 0.1) is 13.2 Å². The number of amides is 3. The van der Waals surface area contributed by atoms with Crippen LogP contribution in [0.4, 0.5) is 24.5 Å². The number of halogens is 3. The first-order valence-corrected chi connectivity index (χ1v) is 9.53. The second-order valence-electron chi connectivity index (χ2n) is 7.43. The summed E-state index contributed by atoms with van der Waals surface area (Å²) in [5, 5.41) is 2.45. The molecule has 0 spiro atoms. The molecule has 1 heterocycles. The van der Waals surface area contributed by atoms with Crippen LogP contribution < -0.4 is 16.0 Å². The molecule has 1 aliphatic heterocycles. The van der Waals surface area contributed by atoms with E-state index in [4.69, 9.17) is 10.5 Å². The number of nitrogens with two attached hydrogens (primary N) is 1. The van der Waals surface area contributed by atoms with Crippen LogP contribution in [-0.4, -0.2) is 67.7 Å². The first-order valence-electron chi connectivity index (χ1n) is 9.53. The number of rotatable bonds is 8. The van der Waals surface area contributed by atoms with E-state index in [9.17, 15) is 27.6 Å². The summed E-state index contributed by atoms with van der Waals surface area (Å²) < 4.78 is 44.0. The molecule has 0 aromatic heterocycles. The fourth-order valence-corrected chi connectivity index (χ4v) is 3.32. The Morgan fingerprint density at radius 3 is 2.47 bits per heavy atom. The first-order chi connectivity index (χ1) is 14.1. The van der Waals surface area contributed by atoms with Crippen LogP contribution in [-0.2, 0) is 19.1 Å². The fraction of sp³-hybridized carbons (Fsp3) is 0.526. The van der Waals surface area contributed by atoms with Crippen LogP contribution in [0.3, 0.4) is 0 Å². The number of hydrogen-bond donors (Lipinski definition) is 2. The minimum absolute atomic E-state index is 0.0190. The van der Waals surface area contributed by atoms with Crippen molar-refractivity contribution in [3.8, 4) is 0 Å². The predicted molar refractivity (Wildman–Crippen MR) is 102 cm³/mol. The average molecular weight is 428 g/mol. The second-order valence-corrected chi connectivity index (χ2v) is 7.43. The molecule has 3 rings (SSSR count). The van der Waals surface area contributed by atoms with Crippen molar-refractivity contribution >= 4 is 29.1 Å². The monoisotopic (exact) mass is 428 g/mol. The van der Waals surface area contributed by atoms with Gasteiger partial charge in [-0.1, -0.05) is 0 Å². The summed E-state index contributed by atoms with van der Waals surface area (Å²) in [6.45, 7) is -0.654. The molecule has 11 heteroatoms. The lowest BCUT2D eigenvalue weighted by atomic mass is 10.1. The highest BCUT2D eigenvalue weighted by atomic mass is 19.4. The number of primary amides is 1. The van der Waals surface area contributed by atoms with Gasteiger partial charge in [0.15, 0.2) is 6.04 Å². The summed E-state index contributed by atoms with van der Waals surface area (Å²) >= 11 is 0. The number of anilines is 2. The number of nitrogens with zero attached hydrogens (tertiary/aromatic N) is 2. The van der Waals surface area contributed by atoms with Crippen LogP contribution in [0.2, 0.25) is 0 Å². The van der Waals surface area contributed by atoms with Gasteiger partial charge in [-0.05, 0) is 43.0 Å². The molecule has 0 bridgehead atoms. The van der Waals surface area contributed by atoms with E-state index in [1.807, 2.05) is 0 Å². The van der Waals surface area contributed by atoms with E-state index in [0.29, 0.717) is 18.8 Å². The van der Waals surface area contributed by atoms with E-state index < -0.39 is 30.6 Å². The number of benzene rings is 1.